The average molecular weight is 715 g/mol. The minimum absolute atomic E-state index is 0.0395. The molecule has 6 rings (SSSR count). The number of nitrogens with one attached hydrogen (secondary N) is 2. The van der Waals surface area contributed by atoms with Crippen molar-refractivity contribution in [2.75, 3.05) is 54.3 Å². The Balaban J connectivity index is 1.25. The monoisotopic (exact) mass is 714 g/mol. The van der Waals surface area contributed by atoms with Crippen molar-refractivity contribution in [3.63, 3.8) is 0 Å². The highest BCUT2D eigenvalue weighted by molar-refractivity contribution is 8.25. The van der Waals surface area contributed by atoms with Gasteiger partial charge < -0.3 is 10.2 Å². The molecule has 3 aromatic heterocycles. The maximum absolute atomic E-state index is 15.2. The van der Waals surface area contributed by atoms with Crippen molar-refractivity contribution < 1.29 is 26.7 Å². The predicted octanol–water partition coefficient (Wildman–Crippen LogP) is 8.17. The van der Waals surface area contributed by atoms with Gasteiger partial charge in [-0.1, -0.05) is 30.7 Å². The Morgan fingerprint density at radius 3 is 2.33 bits per heavy atom. The van der Waals surface area contributed by atoms with Crippen LogP contribution in [0.3, 0.4) is 0 Å². The van der Waals surface area contributed by atoms with Gasteiger partial charge in [0, 0.05) is 62.3 Å². The van der Waals surface area contributed by atoms with Crippen LogP contribution in [0.2, 0.25) is 0 Å². The van der Waals surface area contributed by atoms with Gasteiger partial charge in [-0.15, -0.1) is 11.3 Å². The number of piperazine rings is 1. The van der Waals surface area contributed by atoms with Gasteiger partial charge in [-0.25, -0.2) is 37.5 Å². The van der Waals surface area contributed by atoms with Crippen molar-refractivity contribution in [2.24, 2.45) is 0 Å². The standard InChI is InChI=1S/C33H34F4N8O2S2/c1-20(2)32-42-29(21-8-11-38-28(18-21)43-49(46,47)31-23(35)4-3-5-24(31)36)30(48-32)26-9-12-39-33(41-26)40-22-6-7-27(25(37)19-22)45-16-14-44(13-10-34)15-17-45/h3-9,11-12,18-20,46-47H,10,13-17H2,1-2H3,(H,38,43)(H,39,40,41). The molecule has 1 aliphatic heterocycles. The molecule has 0 radical (unpaired) electrons. The molecule has 0 unspecified atom stereocenters. The van der Waals surface area contributed by atoms with Crippen LogP contribution < -0.4 is 14.9 Å². The number of nitrogens with zero attached hydrogens (tertiary/aromatic N) is 6. The van der Waals surface area contributed by atoms with Crippen LogP contribution in [-0.4, -0.2) is 73.3 Å². The highest BCUT2D eigenvalue weighted by Crippen LogP contribution is 2.50. The second-order valence-electron chi connectivity index (χ2n) is 11.6. The van der Waals surface area contributed by atoms with Crippen LogP contribution in [0, 0.1) is 17.5 Å². The SMILES string of the molecule is CC(C)c1nc(-c2ccnc(NS(O)(O)c3c(F)cccc3F)c2)c(-c2ccnc(Nc3ccc(N4CCN(CCF)CC4)c(F)c3)n2)s1. The highest BCUT2D eigenvalue weighted by atomic mass is 32.3. The minimum atomic E-state index is -4.15. The van der Waals surface area contributed by atoms with Crippen molar-refractivity contribution in [1.82, 2.24) is 24.8 Å². The summed E-state index contributed by atoms with van der Waals surface area (Å²) in [6.07, 6.45) is 2.99. The lowest BCUT2D eigenvalue weighted by Crippen LogP contribution is -2.47. The number of benzene rings is 2. The molecule has 16 heteroatoms. The molecule has 1 fully saturated rings. The Morgan fingerprint density at radius 2 is 1.63 bits per heavy atom. The van der Waals surface area contributed by atoms with Crippen LogP contribution in [0.4, 0.5) is 40.7 Å². The van der Waals surface area contributed by atoms with Crippen LogP contribution in [0.25, 0.3) is 21.8 Å². The first-order valence-electron chi connectivity index (χ1n) is 15.4. The zero-order valence-corrected chi connectivity index (χ0v) is 28.2. The number of halogens is 4. The Hall–Kier alpha value is -4.35. The number of rotatable bonds is 11. The molecule has 0 amide bonds. The summed E-state index contributed by atoms with van der Waals surface area (Å²) < 4.78 is 80.4. The van der Waals surface area contributed by atoms with Gasteiger partial charge in [0.1, 0.15) is 18.3 Å². The van der Waals surface area contributed by atoms with Crippen molar-refractivity contribution >= 4 is 45.3 Å². The molecule has 0 atom stereocenters. The first kappa shape index (κ1) is 34.5. The summed E-state index contributed by atoms with van der Waals surface area (Å²) in [6.45, 7) is 6.52. The summed E-state index contributed by atoms with van der Waals surface area (Å²) in [5, 5.41) is 3.89. The average Bonchev–Trinajstić information content (AvgIpc) is 3.52. The second-order valence-corrected chi connectivity index (χ2v) is 14.3. The molecular weight excluding hydrogens is 681 g/mol. The number of alkyl halides is 1. The van der Waals surface area contributed by atoms with E-state index in [1.54, 1.807) is 30.5 Å². The lowest BCUT2D eigenvalue weighted by Gasteiger charge is -2.35. The topological polar surface area (TPSA) is 123 Å². The van der Waals surface area contributed by atoms with Gasteiger partial charge in [-0.3, -0.25) is 18.7 Å². The summed E-state index contributed by atoms with van der Waals surface area (Å²) in [5.41, 5.74) is 2.53. The third kappa shape index (κ3) is 7.78. The molecule has 10 nitrogen and oxygen atoms in total. The summed E-state index contributed by atoms with van der Waals surface area (Å²) in [7, 11) is -4.15. The maximum Gasteiger partial charge on any atom is 0.227 e. The number of pyridine rings is 1. The van der Waals surface area contributed by atoms with E-state index in [9.17, 15) is 22.3 Å². The van der Waals surface area contributed by atoms with Gasteiger partial charge in [-0.05, 0) is 48.5 Å². The summed E-state index contributed by atoms with van der Waals surface area (Å²) in [6, 6.07) is 12.7. The van der Waals surface area contributed by atoms with Crippen LogP contribution in [0.1, 0.15) is 24.8 Å². The fourth-order valence-corrected chi connectivity index (χ4v) is 7.63. The predicted molar refractivity (Wildman–Crippen MR) is 186 cm³/mol. The molecule has 0 spiro atoms. The Morgan fingerprint density at radius 1 is 0.898 bits per heavy atom. The van der Waals surface area contributed by atoms with E-state index in [1.807, 2.05) is 23.6 Å². The largest absolute Gasteiger partial charge is 0.367 e. The van der Waals surface area contributed by atoms with Crippen molar-refractivity contribution in [1.29, 1.82) is 0 Å². The van der Waals surface area contributed by atoms with Crippen LogP contribution in [0.5, 0.6) is 0 Å². The van der Waals surface area contributed by atoms with E-state index in [0.29, 0.717) is 65.9 Å². The number of aromatic nitrogens is 4. The third-order valence-electron chi connectivity index (χ3n) is 7.83. The Bertz CT molecular complexity index is 1920. The maximum atomic E-state index is 15.2. The van der Waals surface area contributed by atoms with E-state index < -0.39 is 39.8 Å². The van der Waals surface area contributed by atoms with Crippen LogP contribution in [-0.2, 0) is 0 Å². The molecule has 4 heterocycles. The molecular formula is C33H34F4N8O2S2. The van der Waals surface area contributed by atoms with Crippen molar-refractivity contribution in [2.45, 2.75) is 24.7 Å². The number of hydrogen-bond acceptors (Lipinski definition) is 11. The zero-order chi connectivity index (χ0) is 34.7. The van der Waals surface area contributed by atoms with Gasteiger partial charge >= 0.3 is 0 Å². The molecule has 1 saturated heterocycles. The van der Waals surface area contributed by atoms with Gasteiger partial charge in [0.25, 0.3) is 0 Å². The van der Waals surface area contributed by atoms with E-state index in [-0.39, 0.29) is 17.7 Å². The summed E-state index contributed by atoms with van der Waals surface area (Å²) in [4.78, 5) is 21.8. The molecule has 2 aromatic carbocycles. The van der Waals surface area contributed by atoms with Crippen LogP contribution >= 0.6 is 22.1 Å². The van der Waals surface area contributed by atoms with Gasteiger partial charge in [-0.2, -0.15) is 0 Å². The molecule has 4 N–H and O–H groups in total. The van der Waals surface area contributed by atoms with Crippen LogP contribution in [0.15, 0.2) is 71.9 Å². The number of thiazole rings is 1. The lowest BCUT2D eigenvalue weighted by molar-refractivity contribution is 0.235. The third-order valence-corrected chi connectivity index (χ3v) is 10.7. The molecule has 258 valence electrons. The first-order valence-corrected chi connectivity index (χ1v) is 17.8. The summed E-state index contributed by atoms with van der Waals surface area (Å²) in [5.74, 6) is -2.36. The van der Waals surface area contributed by atoms with E-state index in [0.717, 1.165) is 23.2 Å². The number of hydrogen-bond donors (Lipinski definition) is 4. The van der Waals surface area contributed by atoms with E-state index in [2.05, 4.69) is 20.0 Å². The molecule has 0 saturated carbocycles. The highest BCUT2D eigenvalue weighted by Gasteiger charge is 2.26. The minimum Gasteiger partial charge on any atom is -0.367 e. The summed E-state index contributed by atoms with van der Waals surface area (Å²) >= 11 is 1.42. The second kappa shape index (κ2) is 14.6. The Kier molecular flexibility index (Phi) is 10.3. The zero-order valence-electron chi connectivity index (χ0n) is 26.6. The molecule has 1 aliphatic rings. The quantitative estimate of drug-likeness (QED) is 0.0997. The molecule has 0 aliphatic carbocycles. The first-order chi connectivity index (χ1) is 23.5. The Labute approximate surface area is 286 Å². The van der Waals surface area contributed by atoms with Crippen molar-refractivity contribution in [3.05, 3.63) is 89.5 Å². The van der Waals surface area contributed by atoms with E-state index in [1.165, 1.54) is 29.7 Å². The van der Waals surface area contributed by atoms with Crippen molar-refractivity contribution in [3.8, 4) is 21.8 Å². The normalized spacial score (nSPS) is 14.3. The van der Waals surface area contributed by atoms with Gasteiger partial charge in [0.2, 0.25) is 5.95 Å². The smallest absolute Gasteiger partial charge is 0.227 e. The van der Waals surface area contributed by atoms with E-state index >= 15 is 4.39 Å². The fourth-order valence-electron chi connectivity index (χ4n) is 5.39. The van der Waals surface area contributed by atoms with Gasteiger partial charge in [0.15, 0.2) is 16.5 Å². The number of anilines is 4. The van der Waals surface area contributed by atoms with E-state index in [4.69, 9.17) is 9.97 Å². The fraction of sp³-hybridized carbons (Fsp3) is 0.273. The lowest BCUT2D eigenvalue weighted by atomic mass is 10.1. The molecule has 5 aromatic rings. The van der Waals surface area contributed by atoms with Gasteiger partial charge in [0.05, 0.1) is 27.0 Å². The molecule has 0 bridgehead atoms. The molecule has 49 heavy (non-hydrogen) atoms.